The second-order valence-electron chi connectivity index (χ2n) is 3.93. The van der Waals surface area contributed by atoms with Crippen molar-refractivity contribution in [2.75, 3.05) is 0 Å². The van der Waals surface area contributed by atoms with Crippen LogP contribution in [0.2, 0.25) is 0 Å². The van der Waals surface area contributed by atoms with Gasteiger partial charge in [-0.05, 0) is 18.2 Å². The fourth-order valence-electron chi connectivity index (χ4n) is 1.86. The Hall–Kier alpha value is -1.86. The highest BCUT2D eigenvalue weighted by Crippen LogP contribution is 2.34. The lowest BCUT2D eigenvalue weighted by atomic mass is 10.0. The van der Waals surface area contributed by atoms with Crippen LogP contribution in [-0.4, -0.2) is 4.98 Å². The van der Waals surface area contributed by atoms with E-state index in [1.54, 1.807) is 18.3 Å². The molecule has 0 saturated carbocycles. The summed E-state index contributed by atoms with van der Waals surface area (Å²) in [5, 5.41) is 0. The van der Waals surface area contributed by atoms with Gasteiger partial charge in [0, 0.05) is 17.5 Å². The highest BCUT2D eigenvalue weighted by molar-refractivity contribution is 5.34. The van der Waals surface area contributed by atoms with Crippen LogP contribution < -0.4 is 11.3 Å². The van der Waals surface area contributed by atoms with Crippen molar-refractivity contribution in [1.29, 1.82) is 0 Å². The van der Waals surface area contributed by atoms with Crippen LogP contribution in [0, 0.1) is 5.82 Å². The number of aromatic amines is 1. The van der Waals surface area contributed by atoms with Gasteiger partial charge in [0.05, 0.1) is 11.6 Å². The minimum absolute atomic E-state index is 0.167. The van der Waals surface area contributed by atoms with Gasteiger partial charge in [-0.1, -0.05) is 12.1 Å². The number of aromatic nitrogens is 1. The third-order valence-corrected chi connectivity index (χ3v) is 2.74. The number of alkyl halides is 3. The molecular formula is C12H11F4N3. The van der Waals surface area contributed by atoms with Crippen molar-refractivity contribution in [2.24, 2.45) is 5.84 Å². The van der Waals surface area contributed by atoms with Gasteiger partial charge in [0.25, 0.3) is 0 Å². The van der Waals surface area contributed by atoms with Crippen molar-refractivity contribution in [3.8, 4) is 0 Å². The first-order valence-corrected chi connectivity index (χ1v) is 5.40. The van der Waals surface area contributed by atoms with Gasteiger partial charge in [0.1, 0.15) is 5.82 Å². The fraction of sp³-hybridized carbons (Fsp3) is 0.167. The Morgan fingerprint density at radius 1 is 1.16 bits per heavy atom. The molecule has 0 amide bonds. The number of hydrogen-bond donors (Lipinski definition) is 3. The average molecular weight is 273 g/mol. The second-order valence-corrected chi connectivity index (χ2v) is 3.93. The number of nitrogens with one attached hydrogen (secondary N) is 2. The Morgan fingerprint density at radius 2 is 1.89 bits per heavy atom. The summed E-state index contributed by atoms with van der Waals surface area (Å²) in [6.07, 6.45) is -3.17. The normalized spacial score (nSPS) is 13.5. The molecular weight excluding hydrogens is 262 g/mol. The van der Waals surface area contributed by atoms with Gasteiger partial charge in [0.15, 0.2) is 0 Å². The molecule has 2 rings (SSSR count). The van der Waals surface area contributed by atoms with Crippen molar-refractivity contribution >= 4 is 0 Å². The molecule has 0 saturated heterocycles. The van der Waals surface area contributed by atoms with Gasteiger partial charge in [-0.25, -0.2) is 9.82 Å². The lowest BCUT2D eigenvalue weighted by molar-refractivity contribution is -0.140. The van der Waals surface area contributed by atoms with Crippen molar-refractivity contribution in [3.63, 3.8) is 0 Å². The molecule has 0 radical (unpaired) electrons. The van der Waals surface area contributed by atoms with E-state index in [0.717, 1.165) is 6.07 Å². The molecule has 0 aliphatic carbocycles. The number of nitrogens with two attached hydrogens (primary N) is 1. The molecule has 0 fully saturated rings. The predicted molar refractivity (Wildman–Crippen MR) is 61.4 cm³/mol. The molecule has 7 heteroatoms. The van der Waals surface area contributed by atoms with E-state index in [0.29, 0.717) is 11.8 Å². The third-order valence-electron chi connectivity index (χ3n) is 2.74. The van der Waals surface area contributed by atoms with Gasteiger partial charge >= 0.3 is 6.18 Å². The third kappa shape index (κ3) is 2.61. The smallest absolute Gasteiger partial charge is 0.363 e. The molecule has 4 N–H and O–H groups in total. The first-order valence-electron chi connectivity index (χ1n) is 5.40. The first-order chi connectivity index (χ1) is 8.95. The summed E-state index contributed by atoms with van der Waals surface area (Å²) in [6.45, 7) is 0. The largest absolute Gasteiger partial charge is 0.419 e. The van der Waals surface area contributed by atoms with Crippen LogP contribution in [0.3, 0.4) is 0 Å². The highest BCUT2D eigenvalue weighted by atomic mass is 19.4. The van der Waals surface area contributed by atoms with Gasteiger partial charge in [-0.3, -0.25) is 5.84 Å². The van der Waals surface area contributed by atoms with E-state index in [1.165, 1.54) is 6.07 Å². The maximum atomic E-state index is 14.0. The number of H-pyrrole nitrogens is 1. The fourth-order valence-corrected chi connectivity index (χ4v) is 1.86. The molecule has 1 atom stereocenters. The number of rotatable bonds is 3. The highest BCUT2D eigenvalue weighted by Gasteiger charge is 2.35. The van der Waals surface area contributed by atoms with Crippen LogP contribution in [0.1, 0.15) is 22.9 Å². The summed E-state index contributed by atoms with van der Waals surface area (Å²) in [5.74, 6) is 3.98. The zero-order chi connectivity index (χ0) is 14.0. The van der Waals surface area contributed by atoms with Crippen molar-refractivity contribution in [1.82, 2.24) is 10.4 Å². The van der Waals surface area contributed by atoms with Crippen molar-refractivity contribution in [3.05, 3.63) is 59.2 Å². The maximum absolute atomic E-state index is 14.0. The summed E-state index contributed by atoms with van der Waals surface area (Å²) in [7, 11) is 0. The topological polar surface area (TPSA) is 53.8 Å². The van der Waals surface area contributed by atoms with Crippen LogP contribution in [-0.2, 0) is 6.18 Å². The average Bonchev–Trinajstić information content (AvgIpc) is 2.84. The summed E-state index contributed by atoms with van der Waals surface area (Å²) in [4.78, 5) is 2.78. The Labute approximate surface area is 106 Å². The summed E-state index contributed by atoms with van der Waals surface area (Å²) in [6, 6.07) is 5.47. The van der Waals surface area contributed by atoms with Gasteiger partial charge in [-0.2, -0.15) is 13.2 Å². The molecule has 0 spiro atoms. The lowest BCUT2D eigenvalue weighted by Crippen LogP contribution is -2.30. The molecule has 102 valence electrons. The quantitative estimate of drug-likeness (QED) is 0.457. The predicted octanol–water partition coefficient (Wildman–Crippen LogP) is 2.73. The summed E-state index contributed by atoms with van der Waals surface area (Å²) < 4.78 is 51.9. The van der Waals surface area contributed by atoms with Crippen LogP contribution in [0.4, 0.5) is 17.6 Å². The van der Waals surface area contributed by atoms with E-state index in [-0.39, 0.29) is 5.56 Å². The van der Waals surface area contributed by atoms with Gasteiger partial charge < -0.3 is 4.98 Å². The summed E-state index contributed by atoms with van der Waals surface area (Å²) in [5.41, 5.74) is 1.30. The zero-order valence-corrected chi connectivity index (χ0v) is 9.63. The van der Waals surface area contributed by atoms with Crippen LogP contribution >= 0.6 is 0 Å². The minimum Gasteiger partial charge on any atom is -0.363 e. The standard InChI is InChI=1S/C12H11F4N3/c13-10-7(3-1-4-8(10)12(14,15)16)11(19-17)9-5-2-6-18-9/h1-6,11,18-19H,17H2. The SMILES string of the molecule is NNC(c1ccc[nH]1)c1cccc(C(F)(F)F)c1F. The van der Waals surface area contributed by atoms with E-state index in [9.17, 15) is 17.6 Å². The van der Waals surface area contributed by atoms with Crippen LogP contribution in [0.5, 0.6) is 0 Å². The molecule has 19 heavy (non-hydrogen) atoms. The van der Waals surface area contributed by atoms with E-state index in [1.807, 2.05) is 0 Å². The number of hydrazine groups is 1. The van der Waals surface area contributed by atoms with E-state index >= 15 is 0 Å². The van der Waals surface area contributed by atoms with Crippen molar-refractivity contribution in [2.45, 2.75) is 12.2 Å². The van der Waals surface area contributed by atoms with Crippen LogP contribution in [0.15, 0.2) is 36.5 Å². The number of benzene rings is 1. The molecule has 0 bridgehead atoms. The Kier molecular flexibility index (Phi) is 3.59. The first kappa shape index (κ1) is 13.6. The summed E-state index contributed by atoms with van der Waals surface area (Å²) >= 11 is 0. The lowest BCUT2D eigenvalue weighted by Gasteiger charge is -2.18. The van der Waals surface area contributed by atoms with E-state index in [4.69, 9.17) is 5.84 Å². The molecule has 2 aromatic rings. The minimum atomic E-state index is -4.74. The van der Waals surface area contributed by atoms with E-state index < -0.39 is 23.6 Å². The molecule has 3 nitrogen and oxygen atoms in total. The molecule has 1 aromatic heterocycles. The zero-order valence-electron chi connectivity index (χ0n) is 9.63. The maximum Gasteiger partial charge on any atom is 0.419 e. The van der Waals surface area contributed by atoms with Gasteiger partial charge in [-0.15, -0.1) is 0 Å². The molecule has 1 heterocycles. The Balaban J connectivity index is 2.51. The Bertz CT molecular complexity index is 549. The van der Waals surface area contributed by atoms with Gasteiger partial charge in [0.2, 0.25) is 0 Å². The molecule has 1 aromatic carbocycles. The molecule has 0 aliphatic heterocycles. The Morgan fingerprint density at radius 3 is 2.42 bits per heavy atom. The molecule has 1 unspecified atom stereocenters. The number of hydrogen-bond acceptors (Lipinski definition) is 2. The van der Waals surface area contributed by atoms with Crippen molar-refractivity contribution < 1.29 is 17.6 Å². The van der Waals surface area contributed by atoms with E-state index in [2.05, 4.69) is 10.4 Å². The monoisotopic (exact) mass is 273 g/mol. The second kappa shape index (κ2) is 5.02. The van der Waals surface area contributed by atoms with Crippen LogP contribution in [0.25, 0.3) is 0 Å². The number of halogens is 4. The molecule has 0 aliphatic rings.